The van der Waals surface area contributed by atoms with Crippen molar-refractivity contribution in [3.8, 4) is 0 Å². The fraction of sp³-hybridized carbons (Fsp3) is 0.538. The summed E-state index contributed by atoms with van der Waals surface area (Å²) in [7, 11) is 1.66. The number of hydrogen-bond donors (Lipinski definition) is 1. The Morgan fingerprint density at radius 1 is 1.38 bits per heavy atom. The molecule has 3 heteroatoms. The van der Waals surface area contributed by atoms with Gasteiger partial charge in [-0.05, 0) is 19.9 Å². The minimum absolute atomic E-state index is 0.534. The molecular formula is C13H24ClNO. The zero-order valence-corrected chi connectivity index (χ0v) is 11.8. The number of ether oxygens (including phenoxy) is 1. The van der Waals surface area contributed by atoms with Gasteiger partial charge in [-0.2, -0.15) is 0 Å². The molecule has 0 atom stereocenters. The van der Waals surface area contributed by atoms with Crippen LogP contribution in [0, 0.1) is 0 Å². The van der Waals surface area contributed by atoms with Gasteiger partial charge >= 0.3 is 0 Å². The summed E-state index contributed by atoms with van der Waals surface area (Å²) in [6, 6.07) is 0. The molecule has 1 N–H and O–H groups in total. The molecule has 0 aromatic heterocycles. The van der Waals surface area contributed by atoms with Crippen LogP contribution in [0.3, 0.4) is 0 Å². The van der Waals surface area contributed by atoms with Gasteiger partial charge in [0.25, 0.3) is 0 Å². The van der Waals surface area contributed by atoms with Crippen LogP contribution >= 0.6 is 11.6 Å². The molecule has 0 aromatic rings. The first-order valence-electron chi connectivity index (χ1n) is 5.56. The van der Waals surface area contributed by atoms with Crippen molar-refractivity contribution in [3.05, 3.63) is 35.0 Å². The summed E-state index contributed by atoms with van der Waals surface area (Å²) in [6.07, 6.45) is 3.75. The van der Waals surface area contributed by atoms with E-state index in [0.717, 1.165) is 22.8 Å². The second kappa shape index (κ2) is 12.3. The van der Waals surface area contributed by atoms with Gasteiger partial charge in [0.2, 0.25) is 0 Å². The van der Waals surface area contributed by atoms with Crippen LogP contribution in [0.2, 0.25) is 0 Å². The van der Waals surface area contributed by atoms with Crippen molar-refractivity contribution >= 4 is 11.6 Å². The van der Waals surface area contributed by atoms with E-state index in [-0.39, 0.29) is 0 Å². The van der Waals surface area contributed by atoms with Crippen molar-refractivity contribution in [2.45, 2.75) is 27.7 Å². The first-order chi connectivity index (χ1) is 7.61. The van der Waals surface area contributed by atoms with Crippen LogP contribution in [0.1, 0.15) is 27.7 Å². The van der Waals surface area contributed by atoms with Gasteiger partial charge < -0.3 is 10.1 Å². The summed E-state index contributed by atoms with van der Waals surface area (Å²) in [5, 5.41) is 3.88. The summed E-state index contributed by atoms with van der Waals surface area (Å²) in [6.45, 7) is 13.2. The maximum absolute atomic E-state index is 5.73. The number of rotatable bonds is 6. The van der Waals surface area contributed by atoms with Gasteiger partial charge in [-0.3, -0.25) is 0 Å². The van der Waals surface area contributed by atoms with Crippen LogP contribution in [0.5, 0.6) is 0 Å². The number of allylic oxidation sites excluding steroid dienone is 3. The fourth-order valence-electron chi connectivity index (χ4n) is 0.934. The molecule has 0 spiro atoms. The lowest BCUT2D eigenvalue weighted by Gasteiger charge is -2.10. The number of hydrogen-bond acceptors (Lipinski definition) is 2. The highest BCUT2D eigenvalue weighted by Crippen LogP contribution is 2.07. The Labute approximate surface area is 105 Å². The van der Waals surface area contributed by atoms with E-state index in [1.165, 1.54) is 0 Å². The number of nitrogens with one attached hydrogen (secondary N) is 1. The Morgan fingerprint density at radius 3 is 2.31 bits per heavy atom. The Kier molecular flexibility index (Phi) is 13.6. The number of likely N-dealkylation sites (N-methyl/N-ethyl adjacent to an activating group) is 1. The topological polar surface area (TPSA) is 21.3 Å². The molecule has 94 valence electrons. The van der Waals surface area contributed by atoms with Crippen LogP contribution in [-0.2, 0) is 4.74 Å². The molecule has 0 aliphatic carbocycles. The van der Waals surface area contributed by atoms with E-state index in [1.807, 2.05) is 39.8 Å². The van der Waals surface area contributed by atoms with Crippen molar-refractivity contribution in [2.24, 2.45) is 0 Å². The lowest BCUT2D eigenvalue weighted by Crippen LogP contribution is -2.15. The van der Waals surface area contributed by atoms with Crippen molar-refractivity contribution in [1.82, 2.24) is 5.32 Å². The van der Waals surface area contributed by atoms with E-state index >= 15 is 0 Å². The summed E-state index contributed by atoms with van der Waals surface area (Å²) in [5.41, 5.74) is 1.89. The Hall–Kier alpha value is -0.730. The first-order valence-corrected chi connectivity index (χ1v) is 5.94. The fourth-order valence-corrected chi connectivity index (χ4v) is 0.997. The minimum atomic E-state index is 0.534. The minimum Gasteiger partial charge on any atom is -0.386 e. The van der Waals surface area contributed by atoms with Crippen LogP contribution in [-0.4, -0.2) is 20.3 Å². The molecule has 0 aromatic carbocycles. The Morgan fingerprint density at radius 2 is 1.94 bits per heavy atom. The molecular weight excluding hydrogens is 222 g/mol. The van der Waals surface area contributed by atoms with Crippen LogP contribution in [0.25, 0.3) is 0 Å². The second-order valence-corrected chi connectivity index (χ2v) is 3.48. The normalized spacial score (nSPS) is 11.6. The van der Waals surface area contributed by atoms with Gasteiger partial charge in [-0.25, -0.2) is 0 Å². The highest BCUT2D eigenvalue weighted by molar-refractivity contribution is 6.29. The molecule has 0 radical (unpaired) electrons. The van der Waals surface area contributed by atoms with E-state index in [0.29, 0.717) is 6.61 Å². The summed E-state index contributed by atoms with van der Waals surface area (Å²) in [5.74, 6) is 0. The number of halogens is 1. The highest BCUT2D eigenvalue weighted by atomic mass is 35.5. The average molecular weight is 246 g/mol. The zero-order chi connectivity index (χ0) is 13.0. The predicted molar refractivity (Wildman–Crippen MR) is 73.7 cm³/mol. The van der Waals surface area contributed by atoms with E-state index < -0.39 is 0 Å². The van der Waals surface area contributed by atoms with Crippen LogP contribution in [0.4, 0.5) is 0 Å². The van der Waals surface area contributed by atoms with Gasteiger partial charge in [0.1, 0.15) is 0 Å². The van der Waals surface area contributed by atoms with Gasteiger partial charge in [-0.1, -0.05) is 38.1 Å². The molecule has 0 amide bonds. The maximum Gasteiger partial charge on any atom is 0.0732 e. The van der Waals surface area contributed by atoms with Gasteiger partial charge in [-0.15, -0.1) is 0 Å². The van der Waals surface area contributed by atoms with E-state index in [4.69, 9.17) is 16.3 Å². The largest absolute Gasteiger partial charge is 0.386 e. The highest BCUT2D eigenvalue weighted by Gasteiger charge is 1.99. The van der Waals surface area contributed by atoms with Crippen LogP contribution in [0.15, 0.2) is 35.0 Å². The second-order valence-electron chi connectivity index (χ2n) is 2.89. The van der Waals surface area contributed by atoms with Gasteiger partial charge in [0.05, 0.1) is 6.61 Å². The Bertz CT molecular complexity index is 240. The van der Waals surface area contributed by atoms with Crippen molar-refractivity contribution < 1.29 is 4.74 Å². The molecule has 0 rings (SSSR count). The third-order valence-electron chi connectivity index (χ3n) is 1.59. The SMILES string of the molecule is C=C(NCC)/C(=C\C=C(/C)Cl)COC.CC. The summed E-state index contributed by atoms with van der Waals surface area (Å²) in [4.78, 5) is 0. The third kappa shape index (κ3) is 9.81. The molecule has 0 heterocycles. The van der Waals surface area contributed by atoms with Crippen molar-refractivity contribution in [3.63, 3.8) is 0 Å². The zero-order valence-electron chi connectivity index (χ0n) is 11.1. The predicted octanol–water partition coefficient (Wildman–Crippen LogP) is 3.85. The van der Waals surface area contributed by atoms with Crippen LogP contribution < -0.4 is 5.32 Å². The summed E-state index contributed by atoms with van der Waals surface area (Å²) >= 11 is 5.73. The van der Waals surface area contributed by atoms with Crippen molar-refractivity contribution in [1.29, 1.82) is 0 Å². The molecule has 0 bridgehead atoms. The lowest BCUT2D eigenvalue weighted by atomic mass is 10.2. The van der Waals surface area contributed by atoms with E-state index in [2.05, 4.69) is 11.9 Å². The molecule has 16 heavy (non-hydrogen) atoms. The van der Waals surface area contributed by atoms with Gasteiger partial charge in [0.15, 0.2) is 0 Å². The number of methoxy groups -OCH3 is 1. The van der Waals surface area contributed by atoms with E-state index in [9.17, 15) is 0 Å². The average Bonchev–Trinajstić information content (AvgIpc) is 2.27. The molecule has 0 aliphatic rings. The molecule has 0 aliphatic heterocycles. The van der Waals surface area contributed by atoms with Gasteiger partial charge in [0, 0.05) is 30.0 Å². The molecule has 0 unspecified atom stereocenters. The molecule has 0 saturated carbocycles. The Balaban J connectivity index is 0. The lowest BCUT2D eigenvalue weighted by molar-refractivity contribution is 0.226. The molecule has 0 saturated heterocycles. The standard InChI is InChI=1S/C11H18ClNO.C2H6/c1-5-13-10(3)11(8-14-4)7-6-9(2)12;1-2/h6-7,13H,3,5,8H2,1-2,4H3;1-2H3/b9-6+,11-7-;. The smallest absolute Gasteiger partial charge is 0.0732 e. The summed E-state index contributed by atoms with van der Waals surface area (Å²) < 4.78 is 5.06. The monoisotopic (exact) mass is 245 g/mol. The first kappa shape index (κ1) is 17.7. The maximum atomic E-state index is 5.73. The molecule has 2 nitrogen and oxygen atoms in total. The quantitative estimate of drug-likeness (QED) is 0.718. The third-order valence-corrected chi connectivity index (χ3v) is 1.72. The van der Waals surface area contributed by atoms with Crippen molar-refractivity contribution in [2.75, 3.05) is 20.3 Å². The van der Waals surface area contributed by atoms with E-state index in [1.54, 1.807) is 7.11 Å². The molecule has 0 fully saturated rings.